The molecule has 3 nitrogen and oxygen atoms in total. The van der Waals surface area contributed by atoms with E-state index in [9.17, 15) is 0 Å². The number of hydrogen-bond donors (Lipinski definition) is 0. The van der Waals surface area contributed by atoms with Crippen molar-refractivity contribution in [1.29, 1.82) is 0 Å². The highest BCUT2D eigenvalue weighted by Crippen LogP contribution is 2.36. The van der Waals surface area contributed by atoms with E-state index in [1.165, 1.54) is 5.69 Å². The lowest BCUT2D eigenvalue weighted by atomic mass is 10.2. The molecule has 1 aromatic carbocycles. The Morgan fingerprint density at radius 1 is 1.29 bits per heavy atom. The zero-order chi connectivity index (χ0) is 12.6. The Labute approximate surface area is 108 Å². The number of ether oxygens (including phenoxy) is 1. The van der Waals surface area contributed by atoms with E-state index in [4.69, 9.17) is 17.0 Å². The number of methoxy groups -OCH3 is 1. The first-order chi connectivity index (χ1) is 8.04. The van der Waals surface area contributed by atoms with Crippen LogP contribution in [0.3, 0.4) is 0 Å². The number of benzene rings is 1. The summed E-state index contributed by atoms with van der Waals surface area (Å²) in [6.45, 7) is 2.19. The lowest BCUT2D eigenvalue weighted by Crippen LogP contribution is -2.30. The Bertz CT molecular complexity index is 447. The number of nitrogens with zero attached hydrogens (tertiary/aromatic N) is 2. The van der Waals surface area contributed by atoms with Crippen LogP contribution in [0.1, 0.15) is 13.3 Å². The third-order valence-corrected chi connectivity index (χ3v) is 3.87. The summed E-state index contributed by atoms with van der Waals surface area (Å²) in [5, 5.41) is 0. The van der Waals surface area contributed by atoms with E-state index in [1.54, 1.807) is 7.11 Å². The molecule has 1 heterocycles. The predicted octanol–water partition coefficient (Wildman–Crippen LogP) is 2.69. The highest BCUT2D eigenvalue weighted by molar-refractivity contribution is 7.80. The van der Waals surface area contributed by atoms with Crippen LogP contribution in [0.4, 0.5) is 11.4 Å². The minimum atomic E-state index is 0.401. The van der Waals surface area contributed by atoms with Gasteiger partial charge in [0, 0.05) is 32.6 Å². The van der Waals surface area contributed by atoms with Crippen LogP contribution in [0.25, 0.3) is 0 Å². The van der Waals surface area contributed by atoms with Crippen molar-refractivity contribution in [3.05, 3.63) is 18.2 Å². The van der Waals surface area contributed by atoms with E-state index >= 15 is 0 Å². The largest absolute Gasteiger partial charge is 0.497 e. The van der Waals surface area contributed by atoms with Gasteiger partial charge in [-0.05, 0) is 19.1 Å². The van der Waals surface area contributed by atoms with Crippen molar-refractivity contribution in [2.45, 2.75) is 19.4 Å². The quantitative estimate of drug-likeness (QED) is 0.712. The van der Waals surface area contributed by atoms with Crippen molar-refractivity contribution in [2.75, 3.05) is 31.0 Å². The van der Waals surface area contributed by atoms with Crippen molar-refractivity contribution >= 4 is 28.6 Å². The van der Waals surface area contributed by atoms with Gasteiger partial charge in [-0.3, -0.25) is 0 Å². The van der Waals surface area contributed by atoms with E-state index in [0.29, 0.717) is 6.04 Å². The lowest BCUT2D eigenvalue weighted by Gasteiger charge is -2.26. The van der Waals surface area contributed by atoms with E-state index in [2.05, 4.69) is 35.9 Å². The first-order valence-electron chi connectivity index (χ1n) is 5.72. The van der Waals surface area contributed by atoms with Crippen LogP contribution >= 0.6 is 12.2 Å². The summed E-state index contributed by atoms with van der Waals surface area (Å²) in [5.74, 6) is 0.879. The smallest absolute Gasteiger partial charge is 0.121 e. The van der Waals surface area contributed by atoms with Crippen LogP contribution in [0.2, 0.25) is 0 Å². The fourth-order valence-corrected chi connectivity index (χ4v) is 2.43. The lowest BCUT2D eigenvalue weighted by molar-refractivity contribution is 0.415. The van der Waals surface area contributed by atoms with Gasteiger partial charge in [-0.25, -0.2) is 0 Å². The van der Waals surface area contributed by atoms with Crippen LogP contribution in [0.5, 0.6) is 5.75 Å². The molecule has 0 radical (unpaired) electrons. The summed E-state index contributed by atoms with van der Waals surface area (Å²) in [5.41, 5.74) is 2.31. The van der Waals surface area contributed by atoms with E-state index in [1.807, 2.05) is 13.1 Å². The summed E-state index contributed by atoms with van der Waals surface area (Å²) in [6.07, 6.45) is 0.902. The number of rotatable bonds is 1. The maximum absolute atomic E-state index is 5.45. The molecule has 1 aromatic rings. The Morgan fingerprint density at radius 2 is 2.00 bits per heavy atom. The molecule has 0 saturated carbocycles. The summed E-state index contributed by atoms with van der Waals surface area (Å²) in [4.78, 5) is 5.32. The SMILES string of the molecule is COc1ccc2c(c1)N(C)[C@@H](C)CC(=S)N2C. The first-order valence-corrected chi connectivity index (χ1v) is 6.13. The highest BCUT2D eigenvalue weighted by atomic mass is 32.1. The molecule has 4 heteroatoms. The van der Waals surface area contributed by atoms with Crippen molar-refractivity contribution in [3.63, 3.8) is 0 Å². The zero-order valence-corrected chi connectivity index (χ0v) is 11.5. The molecular weight excluding hydrogens is 232 g/mol. The second kappa shape index (κ2) is 4.53. The number of thiocarbonyl (C=S) groups is 1. The predicted molar refractivity (Wildman–Crippen MR) is 76.5 cm³/mol. The third kappa shape index (κ3) is 2.09. The molecule has 0 amide bonds. The number of anilines is 2. The van der Waals surface area contributed by atoms with Gasteiger partial charge in [0.1, 0.15) is 5.75 Å². The summed E-state index contributed by atoms with van der Waals surface area (Å²) in [6, 6.07) is 6.51. The molecule has 1 atom stereocenters. The fraction of sp³-hybridized carbons (Fsp3) is 0.462. The van der Waals surface area contributed by atoms with Gasteiger partial charge in [0.25, 0.3) is 0 Å². The topological polar surface area (TPSA) is 15.7 Å². The maximum Gasteiger partial charge on any atom is 0.121 e. The normalized spacial score (nSPS) is 20.0. The highest BCUT2D eigenvalue weighted by Gasteiger charge is 2.24. The molecule has 17 heavy (non-hydrogen) atoms. The van der Waals surface area contributed by atoms with E-state index in [-0.39, 0.29) is 0 Å². The van der Waals surface area contributed by atoms with Gasteiger partial charge < -0.3 is 14.5 Å². The van der Waals surface area contributed by atoms with Crippen molar-refractivity contribution < 1.29 is 4.74 Å². The number of hydrogen-bond acceptors (Lipinski definition) is 3. The Balaban J connectivity index is 2.55. The third-order valence-electron chi connectivity index (χ3n) is 3.43. The maximum atomic E-state index is 5.45. The van der Waals surface area contributed by atoms with Gasteiger partial charge in [-0.2, -0.15) is 0 Å². The van der Waals surface area contributed by atoms with Crippen LogP contribution < -0.4 is 14.5 Å². The molecule has 0 aromatic heterocycles. The molecule has 0 fully saturated rings. The van der Waals surface area contributed by atoms with Gasteiger partial charge in [0.15, 0.2) is 0 Å². The number of fused-ring (bicyclic) bond motifs is 1. The minimum absolute atomic E-state index is 0.401. The molecule has 92 valence electrons. The van der Waals surface area contributed by atoms with Crippen LogP contribution in [-0.2, 0) is 0 Å². The van der Waals surface area contributed by atoms with Crippen LogP contribution in [0, 0.1) is 0 Å². The second-order valence-corrected chi connectivity index (χ2v) is 4.94. The Hall–Kier alpha value is -1.29. The zero-order valence-electron chi connectivity index (χ0n) is 10.7. The average molecular weight is 250 g/mol. The second-order valence-electron chi connectivity index (χ2n) is 4.47. The van der Waals surface area contributed by atoms with Gasteiger partial charge in [-0.1, -0.05) is 12.2 Å². The molecule has 0 bridgehead atoms. The van der Waals surface area contributed by atoms with Gasteiger partial charge in [-0.15, -0.1) is 0 Å². The van der Waals surface area contributed by atoms with E-state index in [0.717, 1.165) is 22.8 Å². The standard InChI is InChI=1S/C13H18N2OS/c1-9-7-13(17)15(3)11-6-5-10(16-4)8-12(11)14(9)2/h5-6,8-9H,7H2,1-4H3/t9-/m0/s1. The summed E-state index contributed by atoms with van der Waals surface area (Å²) >= 11 is 5.45. The molecule has 0 N–H and O–H groups in total. The Morgan fingerprint density at radius 3 is 2.65 bits per heavy atom. The van der Waals surface area contributed by atoms with Crippen molar-refractivity contribution in [3.8, 4) is 5.75 Å². The summed E-state index contributed by atoms with van der Waals surface area (Å²) < 4.78 is 5.29. The first kappa shape index (κ1) is 12.2. The molecule has 0 saturated heterocycles. The van der Waals surface area contributed by atoms with Gasteiger partial charge >= 0.3 is 0 Å². The molecular formula is C13H18N2OS. The average Bonchev–Trinajstić information content (AvgIpc) is 2.42. The minimum Gasteiger partial charge on any atom is -0.497 e. The van der Waals surface area contributed by atoms with Crippen molar-refractivity contribution in [2.24, 2.45) is 0 Å². The van der Waals surface area contributed by atoms with Crippen molar-refractivity contribution in [1.82, 2.24) is 0 Å². The molecule has 2 rings (SSSR count). The molecule has 0 aliphatic carbocycles. The van der Waals surface area contributed by atoms with Gasteiger partial charge in [0.05, 0.1) is 23.5 Å². The van der Waals surface area contributed by atoms with Gasteiger partial charge in [0.2, 0.25) is 0 Å². The monoisotopic (exact) mass is 250 g/mol. The van der Waals surface area contributed by atoms with Crippen LogP contribution in [0.15, 0.2) is 18.2 Å². The summed E-state index contributed by atoms with van der Waals surface area (Å²) in [7, 11) is 5.82. The van der Waals surface area contributed by atoms with Crippen LogP contribution in [-0.4, -0.2) is 32.2 Å². The molecule has 1 aliphatic heterocycles. The molecule has 0 unspecified atom stereocenters. The fourth-order valence-electron chi connectivity index (χ4n) is 2.09. The van der Waals surface area contributed by atoms with E-state index < -0.39 is 0 Å². The molecule has 0 spiro atoms. The Kier molecular flexibility index (Phi) is 3.24. The molecule has 1 aliphatic rings.